The van der Waals surface area contributed by atoms with E-state index in [9.17, 15) is 4.79 Å². The van der Waals surface area contributed by atoms with Gasteiger partial charge in [0, 0.05) is 6.42 Å². The average Bonchev–Trinajstić information content (AvgIpc) is 2.08. The van der Waals surface area contributed by atoms with Crippen molar-refractivity contribution < 1.29 is 4.79 Å². The van der Waals surface area contributed by atoms with Crippen LogP contribution in [-0.2, 0) is 4.79 Å². The Morgan fingerprint density at radius 2 is 1.75 bits per heavy atom. The fraction of sp³-hybridized carbons (Fsp3) is 0.727. The molecule has 0 fully saturated rings. The number of unbranched alkanes of at least 4 members (excludes halogenated alkanes) is 4. The van der Waals surface area contributed by atoms with Crippen LogP contribution < -0.4 is 0 Å². The van der Waals surface area contributed by atoms with E-state index in [2.05, 4.69) is 20.4 Å². The van der Waals surface area contributed by atoms with E-state index in [1.165, 1.54) is 19.3 Å². The van der Waals surface area contributed by atoms with Gasteiger partial charge in [-0.25, -0.2) is 0 Å². The monoisotopic (exact) mass is 170 g/mol. The van der Waals surface area contributed by atoms with E-state index in [0.717, 1.165) is 25.5 Å². The molecule has 0 aromatic carbocycles. The van der Waals surface area contributed by atoms with Crippen LogP contribution >= 0.6 is 0 Å². The first-order valence-corrected chi connectivity index (χ1v) is 4.87. The lowest BCUT2D eigenvalue weighted by atomic mass is 10.2. The van der Waals surface area contributed by atoms with Gasteiger partial charge in [-0.05, 0) is 12.8 Å². The molecule has 0 saturated heterocycles. The Labute approximate surface area is 76.9 Å². The molecule has 0 radical (unpaired) electrons. The van der Waals surface area contributed by atoms with Gasteiger partial charge in [-0.15, -0.1) is 6.58 Å². The molecule has 0 aromatic heterocycles. The summed E-state index contributed by atoms with van der Waals surface area (Å²) in [5.41, 5.74) is 0. The zero-order valence-corrected chi connectivity index (χ0v) is 8.51. The molecular weight excluding hydrogens is 148 g/mol. The van der Waals surface area contributed by atoms with E-state index >= 15 is 0 Å². The molecule has 0 bridgehead atoms. The lowest BCUT2D eigenvalue weighted by Crippen LogP contribution is -1.73. The fourth-order valence-corrected chi connectivity index (χ4v) is 0.682. The first-order chi connectivity index (χ1) is 5.83. The number of rotatable bonds is 6. The van der Waals surface area contributed by atoms with Gasteiger partial charge in [0.05, 0.1) is 0 Å². The molecule has 0 saturated carbocycles. The minimum Gasteiger partial charge on any atom is -0.303 e. The third-order valence-corrected chi connectivity index (χ3v) is 1.42. The summed E-state index contributed by atoms with van der Waals surface area (Å²) in [4.78, 5) is 9.68. The molecule has 0 N–H and O–H groups in total. The van der Waals surface area contributed by atoms with Crippen LogP contribution in [0.1, 0.15) is 52.4 Å². The van der Waals surface area contributed by atoms with Crippen LogP contribution in [0.4, 0.5) is 0 Å². The van der Waals surface area contributed by atoms with Gasteiger partial charge in [-0.1, -0.05) is 39.2 Å². The minimum atomic E-state index is 0.744. The number of aldehydes is 1. The van der Waals surface area contributed by atoms with Crippen LogP contribution in [-0.4, -0.2) is 6.29 Å². The third-order valence-electron chi connectivity index (χ3n) is 1.42. The number of carbonyl (C=O) groups excluding carboxylic acids is 1. The molecule has 0 aliphatic rings. The van der Waals surface area contributed by atoms with E-state index in [-0.39, 0.29) is 0 Å². The van der Waals surface area contributed by atoms with Gasteiger partial charge in [0.15, 0.2) is 0 Å². The van der Waals surface area contributed by atoms with Crippen molar-refractivity contribution in [3.05, 3.63) is 12.7 Å². The van der Waals surface area contributed by atoms with E-state index < -0.39 is 0 Å². The molecule has 72 valence electrons. The molecule has 0 unspecified atom stereocenters. The topological polar surface area (TPSA) is 17.1 Å². The van der Waals surface area contributed by atoms with Crippen LogP contribution in [0.3, 0.4) is 0 Å². The zero-order valence-electron chi connectivity index (χ0n) is 8.51. The molecular formula is C11H22O. The minimum absolute atomic E-state index is 0.744. The molecule has 0 aromatic rings. The predicted octanol–water partition coefficient (Wildman–Crippen LogP) is 3.74. The molecule has 1 nitrogen and oxygen atoms in total. The summed E-state index contributed by atoms with van der Waals surface area (Å²) in [5, 5.41) is 0. The highest BCUT2D eigenvalue weighted by Crippen LogP contribution is 1.94. The maximum absolute atomic E-state index is 9.68. The summed E-state index contributed by atoms with van der Waals surface area (Å²) in [5.74, 6) is 0. The lowest BCUT2D eigenvalue weighted by molar-refractivity contribution is -0.107. The van der Waals surface area contributed by atoms with Crippen molar-refractivity contribution in [2.24, 2.45) is 0 Å². The quantitative estimate of drug-likeness (QED) is 0.337. The molecule has 0 rings (SSSR count). The van der Waals surface area contributed by atoms with Crippen molar-refractivity contribution >= 4 is 6.29 Å². The number of hydrogen-bond donors (Lipinski definition) is 0. The van der Waals surface area contributed by atoms with Crippen molar-refractivity contribution in [2.45, 2.75) is 52.4 Å². The molecule has 0 spiro atoms. The Kier molecular flexibility index (Phi) is 19.5. The van der Waals surface area contributed by atoms with Crippen LogP contribution in [0, 0.1) is 0 Å². The fourth-order valence-electron chi connectivity index (χ4n) is 0.682. The first-order valence-electron chi connectivity index (χ1n) is 4.87. The Balaban J connectivity index is 0. The standard InChI is InChI=1S/C6H12O.C5H10/c1-2-3-4-5-6-7;1-3-5-4-2/h6H,2-5H2,1H3;3H,1,4-5H2,2H3. The molecule has 0 aliphatic carbocycles. The van der Waals surface area contributed by atoms with E-state index in [1.54, 1.807) is 0 Å². The highest BCUT2D eigenvalue weighted by atomic mass is 16.1. The van der Waals surface area contributed by atoms with Crippen LogP contribution in [0.2, 0.25) is 0 Å². The summed E-state index contributed by atoms with van der Waals surface area (Å²) in [6.45, 7) is 7.82. The first kappa shape index (κ1) is 14.0. The molecule has 0 aliphatic heterocycles. The second-order valence-electron chi connectivity index (χ2n) is 2.74. The van der Waals surface area contributed by atoms with Crippen LogP contribution in [0.15, 0.2) is 12.7 Å². The summed E-state index contributed by atoms with van der Waals surface area (Å²) in [6, 6.07) is 0. The van der Waals surface area contributed by atoms with Gasteiger partial charge >= 0.3 is 0 Å². The SMILES string of the molecule is C=CCCC.CCCCCC=O. The molecule has 1 heteroatoms. The van der Waals surface area contributed by atoms with Gasteiger partial charge in [-0.3, -0.25) is 0 Å². The summed E-state index contributed by atoms with van der Waals surface area (Å²) in [6.07, 6.45) is 9.50. The second-order valence-corrected chi connectivity index (χ2v) is 2.74. The average molecular weight is 170 g/mol. The van der Waals surface area contributed by atoms with Crippen molar-refractivity contribution in [2.75, 3.05) is 0 Å². The van der Waals surface area contributed by atoms with Gasteiger partial charge in [0.25, 0.3) is 0 Å². The van der Waals surface area contributed by atoms with Gasteiger partial charge in [0.2, 0.25) is 0 Å². The number of allylic oxidation sites excluding steroid dienone is 1. The van der Waals surface area contributed by atoms with E-state index in [4.69, 9.17) is 0 Å². The lowest BCUT2D eigenvalue weighted by Gasteiger charge is -1.85. The Hall–Kier alpha value is -0.590. The third kappa shape index (κ3) is 22.7. The molecule has 12 heavy (non-hydrogen) atoms. The summed E-state index contributed by atoms with van der Waals surface area (Å²) >= 11 is 0. The van der Waals surface area contributed by atoms with Crippen molar-refractivity contribution in [3.8, 4) is 0 Å². The van der Waals surface area contributed by atoms with Crippen LogP contribution in [0.5, 0.6) is 0 Å². The van der Waals surface area contributed by atoms with Crippen molar-refractivity contribution in [1.82, 2.24) is 0 Å². The van der Waals surface area contributed by atoms with E-state index in [1.807, 2.05) is 6.08 Å². The Morgan fingerprint density at radius 1 is 1.08 bits per heavy atom. The Morgan fingerprint density at radius 3 is 2.00 bits per heavy atom. The predicted molar refractivity (Wildman–Crippen MR) is 55.3 cm³/mol. The van der Waals surface area contributed by atoms with Gasteiger partial charge in [-0.2, -0.15) is 0 Å². The molecule has 0 atom stereocenters. The maximum atomic E-state index is 9.68. The van der Waals surface area contributed by atoms with Crippen molar-refractivity contribution in [3.63, 3.8) is 0 Å². The number of hydrogen-bond acceptors (Lipinski definition) is 1. The maximum Gasteiger partial charge on any atom is 0.119 e. The zero-order chi connectivity index (χ0) is 9.66. The highest BCUT2D eigenvalue weighted by molar-refractivity contribution is 5.48. The highest BCUT2D eigenvalue weighted by Gasteiger charge is 1.80. The largest absolute Gasteiger partial charge is 0.303 e. The van der Waals surface area contributed by atoms with E-state index in [0.29, 0.717) is 0 Å². The van der Waals surface area contributed by atoms with Gasteiger partial charge < -0.3 is 4.79 Å². The van der Waals surface area contributed by atoms with Gasteiger partial charge in [0.1, 0.15) is 6.29 Å². The Bertz CT molecular complexity index is 87.0. The number of carbonyl (C=O) groups is 1. The van der Waals surface area contributed by atoms with Crippen molar-refractivity contribution in [1.29, 1.82) is 0 Å². The normalized spacial score (nSPS) is 8.17. The van der Waals surface area contributed by atoms with Crippen LogP contribution in [0.25, 0.3) is 0 Å². The summed E-state index contributed by atoms with van der Waals surface area (Å²) in [7, 11) is 0. The molecule has 0 amide bonds. The molecule has 0 heterocycles. The summed E-state index contributed by atoms with van der Waals surface area (Å²) < 4.78 is 0. The second kappa shape index (κ2) is 16.8. The smallest absolute Gasteiger partial charge is 0.119 e.